The number of nitrogens with one attached hydrogen (secondary N) is 1. The van der Waals surface area contributed by atoms with Gasteiger partial charge in [-0.25, -0.2) is 8.42 Å². The highest BCUT2D eigenvalue weighted by Crippen LogP contribution is 2.27. The molecular formula is C22H25N5O3S. The summed E-state index contributed by atoms with van der Waals surface area (Å²) in [4.78, 5) is 14.1. The third-order valence-electron chi connectivity index (χ3n) is 5.59. The molecule has 0 unspecified atom stereocenters. The number of nitrogens with zero attached hydrogens (tertiary/aromatic N) is 4. The maximum Gasteiger partial charge on any atom is 0.277 e. The average Bonchev–Trinajstić information content (AvgIpc) is 3.31. The minimum atomic E-state index is -3.57. The Morgan fingerprint density at radius 2 is 1.71 bits per heavy atom. The van der Waals surface area contributed by atoms with Crippen LogP contribution in [-0.4, -0.2) is 46.7 Å². The molecule has 1 saturated carbocycles. The van der Waals surface area contributed by atoms with Crippen LogP contribution in [0.3, 0.4) is 0 Å². The molecule has 162 valence electrons. The number of hydrogen-bond donors (Lipinski definition) is 1. The maximum absolute atomic E-state index is 12.9. The topological polar surface area (TPSA) is 97.2 Å². The Labute approximate surface area is 181 Å². The summed E-state index contributed by atoms with van der Waals surface area (Å²) in [5.41, 5.74) is 1.40. The summed E-state index contributed by atoms with van der Waals surface area (Å²) in [6.45, 7) is 0. The number of rotatable bonds is 6. The van der Waals surface area contributed by atoms with Crippen LogP contribution >= 0.6 is 0 Å². The zero-order valence-electron chi connectivity index (χ0n) is 17.3. The number of anilines is 1. The molecule has 8 nitrogen and oxygen atoms in total. The highest BCUT2D eigenvalue weighted by atomic mass is 32.2. The summed E-state index contributed by atoms with van der Waals surface area (Å²) in [5.74, 6) is -0.419. The standard InChI is InChI=1S/C22H25N5O3S/c1-26(18-8-4-2-5-9-18)31(29,30)20-14-12-17(13-15-20)24-22(28)21-16-23-27(25-21)19-10-6-3-7-11-19/h3,6-7,10-16,18H,2,4-5,8-9H2,1H3,(H,24,28). The van der Waals surface area contributed by atoms with Crippen LogP contribution in [0.2, 0.25) is 0 Å². The van der Waals surface area contributed by atoms with E-state index in [1.54, 1.807) is 19.2 Å². The first kappa shape index (κ1) is 21.2. The van der Waals surface area contributed by atoms with E-state index in [9.17, 15) is 13.2 Å². The van der Waals surface area contributed by atoms with Crippen LogP contribution in [-0.2, 0) is 10.0 Å². The first-order chi connectivity index (χ1) is 14.9. The normalized spacial score (nSPS) is 15.2. The van der Waals surface area contributed by atoms with Gasteiger partial charge in [0.2, 0.25) is 10.0 Å². The molecule has 3 aromatic rings. The lowest BCUT2D eigenvalue weighted by molar-refractivity contribution is 0.102. The van der Waals surface area contributed by atoms with Crippen molar-refractivity contribution in [1.82, 2.24) is 19.3 Å². The van der Waals surface area contributed by atoms with Crippen molar-refractivity contribution in [3.8, 4) is 5.69 Å². The Balaban J connectivity index is 1.43. The lowest BCUT2D eigenvalue weighted by atomic mass is 9.96. The third kappa shape index (κ3) is 4.67. The Morgan fingerprint density at radius 3 is 2.39 bits per heavy atom. The molecule has 0 radical (unpaired) electrons. The fourth-order valence-electron chi connectivity index (χ4n) is 3.77. The molecule has 1 amide bonds. The number of hydrogen-bond acceptors (Lipinski definition) is 5. The van der Waals surface area contributed by atoms with E-state index in [1.807, 2.05) is 30.3 Å². The molecule has 1 aliphatic rings. The second-order valence-corrected chi connectivity index (χ2v) is 9.64. The lowest BCUT2D eigenvalue weighted by Crippen LogP contribution is -2.38. The van der Waals surface area contributed by atoms with Crippen molar-refractivity contribution in [2.75, 3.05) is 12.4 Å². The van der Waals surface area contributed by atoms with E-state index in [0.29, 0.717) is 5.69 Å². The van der Waals surface area contributed by atoms with Gasteiger partial charge < -0.3 is 5.32 Å². The molecule has 4 rings (SSSR count). The molecule has 1 fully saturated rings. The highest BCUT2D eigenvalue weighted by molar-refractivity contribution is 7.89. The van der Waals surface area contributed by atoms with Gasteiger partial charge in [-0.1, -0.05) is 37.5 Å². The first-order valence-corrected chi connectivity index (χ1v) is 11.8. The predicted octanol–water partition coefficient (Wildman–Crippen LogP) is 3.47. The molecule has 9 heteroatoms. The van der Waals surface area contributed by atoms with Crippen molar-refractivity contribution in [3.05, 3.63) is 66.5 Å². The molecule has 0 aliphatic heterocycles. The van der Waals surface area contributed by atoms with Crippen molar-refractivity contribution in [2.24, 2.45) is 0 Å². The van der Waals surface area contributed by atoms with Crippen LogP contribution in [0.4, 0.5) is 5.69 Å². The summed E-state index contributed by atoms with van der Waals surface area (Å²) >= 11 is 0. The molecule has 1 heterocycles. The molecular weight excluding hydrogens is 414 g/mol. The van der Waals surface area contributed by atoms with Gasteiger partial charge in [0.05, 0.1) is 16.8 Å². The van der Waals surface area contributed by atoms with Gasteiger partial charge in [-0.05, 0) is 49.2 Å². The summed E-state index contributed by atoms with van der Waals surface area (Å²) < 4.78 is 27.4. The second kappa shape index (κ2) is 8.99. The Kier molecular flexibility index (Phi) is 6.15. The molecule has 31 heavy (non-hydrogen) atoms. The first-order valence-electron chi connectivity index (χ1n) is 10.3. The zero-order chi connectivity index (χ0) is 21.8. The van der Waals surface area contributed by atoms with Crippen LogP contribution in [0.25, 0.3) is 5.69 Å². The van der Waals surface area contributed by atoms with Gasteiger partial charge in [0.15, 0.2) is 5.69 Å². The van der Waals surface area contributed by atoms with Crippen molar-refractivity contribution >= 4 is 21.6 Å². The molecule has 1 aromatic heterocycles. The number of aromatic nitrogens is 3. The van der Waals surface area contributed by atoms with E-state index >= 15 is 0 Å². The molecule has 1 N–H and O–H groups in total. The summed E-state index contributed by atoms with van der Waals surface area (Å²) in [5, 5.41) is 11.0. The fraction of sp³-hybridized carbons (Fsp3) is 0.318. The van der Waals surface area contributed by atoms with E-state index in [0.717, 1.165) is 37.8 Å². The third-order valence-corrected chi connectivity index (χ3v) is 7.51. The number of amides is 1. The molecule has 0 bridgehead atoms. The van der Waals surface area contributed by atoms with Gasteiger partial charge in [0.25, 0.3) is 5.91 Å². The van der Waals surface area contributed by atoms with Gasteiger partial charge in [-0.3, -0.25) is 4.79 Å². The van der Waals surface area contributed by atoms with Gasteiger partial charge in [0.1, 0.15) is 0 Å². The summed E-state index contributed by atoms with van der Waals surface area (Å²) in [6, 6.07) is 15.5. The van der Waals surface area contributed by atoms with Gasteiger partial charge in [-0.2, -0.15) is 14.2 Å². The number of carbonyl (C=O) groups is 1. The SMILES string of the molecule is CN(C1CCCCC1)S(=O)(=O)c1ccc(NC(=O)c2cnn(-c3ccccc3)n2)cc1. The number of para-hydroxylation sites is 1. The highest BCUT2D eigenvalue weighted by Gasteiger charge is 2.29. The quantitative estimate of drug-likeness (QED) is 0.634. The van der Waals surface area contributed by atoms with Crippen LogP contribution in [0.1, 0.15) is 42.6 Å². The van der Waals surface area contributed by atoms with Crippen LogP contribution in [0, 0.1) is 0 Å². The second-order valence-electron chi connectivity index (χ2n) is 7.65. The van der Waals surface area contributed by atoms with E-state index in [2.05, 4.69) is 15.5 Å². The van der Waals surface area contributed by atoms with Crippen LogP contribution in [0.5, 0.6) is 0 Å². The monoisotopic (exact) mass is 439 g/mol. The molecule has 0 atom stereocenters. The Morgan fingerprint density at radius 1 is 1.03 bits per heavy atom. The van der Waals surface area contributed by atoms with Crippen molar-refractivity contribution < 1.29 is 13.2 Å². The molecule has 0 spiro atoms. The number of benzene rings is 2. The molecule has 1 aliphatic carbocycles. The van der Waals surface area contributed by atoms with E-state index in [-0.39, 0.29) is 16.6 Å². The van der Waals surface area contributed by atoms with Crippen LogP contribution < -0.4 is 5.32 Å². The van der Waals surface area contributed by atoms with Crippen molar-refractivity contribution in [1.29, 1.82) is 0 Å². The van der Waals surface area contributed by atoms with Gasteiger partial charge >= 0.3 is 0 Å². The minimum absolute atomic E-state index is 0.0466. The smallest absolute Gasteiger partial charge is 0.277 e. The number of carbonyl (C=O) groups excluding carboxylic acids is 1. The van der Waals surface area contributed by atoms with Crippen molar-refractivity contribution in [3.63, 3.8) is 0 Å². The Hall–Kier alpha value is -3.04. The summed E-state index contributed by atoms with van der Waals surface area (Å²) in [7, 11) is -1.92. The van der Waals surface area contributed by atoms with Gasteiger partial charge in [-0.15, -0.1) is 5.10 Å². The van der Waals surface area contributed by atoms with Gasteiger partial charge in [0, 0.05) is 18.8 Å². The van der Waals surface area contributed by atoms with Crippen LogP contribution in [0.15, 0.2) is 65.7 Å². The van der Waals surface area contributed by atoms with E-state index < -0.39 is 15.9 Å². The Bertz CT molecular complexity index is 1140. The zero-order valence-corrected chi connectivity index (χ0v) is 18.1. The largest absolute Gasteiger partial charge is 0.321 e. The summed E-state index contributed by atoms with van der Waals surface area (Å²) in [6.07, 6.45) is 6.47. The average molecular weight is 440 g/mol. The lowest BCUT2D eigenvalue weighted by Gasteiger charge is -2.30. The molecule has 0 saturated heterocycles. The van der Waals surface area contributed by atoms with Crippen molar-refractivity contribution in [2.45, 2.75) is 43.0 Å². The van der Waals surface area contributed by atoms with E-state index in [4.69, 9.17) is 0 Å². The maximum atomic E-state index is 12.9. The van der Waals surface area contributed by atoms with E-state index in [1.165, 1.54) is 27.4 Å². The predicted molar refractivity (Wildman–Crippen MR) is 118 cm³/mol. The number of sulfonamides is 1. The molecule has 2 aromatic carbocycles. The fourth-order valence-corrected chi connectivity index (χ4v) is 5.18. The minimum Gasteiger partial charge on any atom is -0.321 e.